The van der Waals surface area contributed by atoms with Gasteiger partial charge in [0.25, 0.3) is 11.5 Å². The lowest BCUT2D eigenvalue weighted by Gasteiger charge is -2.27. The van der Waals surface area contributed by atoms with E-state index in [4.69, 9.17) is 4.74 Å². The number of aromatic nitrogens is 3. The zero-order valence-electron chi connectivity index (χ0n) is 19.6. The van der Waals surface area contributed by atoms with Gasteiger partial charge in [-0.15, -0.1) is 0 Å². The minimum atomic E-state index is -3.50. The largest absolute Gasteiger partial charge is 0.484 e. The van der Waals surface area contributed by atoms with E-state index < -0.39 is 24.0 Å². The molecule has 1 amide bonds. The van der Waals surface area contributed by atoms with Gasteiger partial charge in [0.15, 0.2) is 0 Å². The fourth-order valence-electron chi connectivity index (χ4n) is 3.84. The Balaban J connectivity index is 1.64. The third kappa shape index (κ3) is 5.24. The lowest BCUT2D eigenvalue weighted by atomic mass is 10.0. The first-order chi connectivity index (χ1) is 16.7. The number of nitrogens with zero attached hydrogens (tertiary/aromatic N) is 3. The lowest BCUT2D eigenvalue weighted by Crippen LogP contribution is -2.46. The number of alkyl halides is 2. The number of hydrogen-bond acceptors (Lipinski definition) is 4. The van der Waals surface area contributed by atoms with Crippen molar-refractivity contribution in [1.29, 1.82) is 0 Å². The van der Waals surface area contributed by atoms with Crippen molar-refractivity contribution in [3.05, 3.63) is 89.0 Å². The number of aryl methyl sites for hydroxylation is 1. The van der Waals surface area contributed by atoms with Crippen LogP contribution in [0.3, 0.4) is 0 Å². The monoisotopic (exact) mass is 480 g/mol. The van der Waals surface area contributed by atoms with Gasteiger partial charge in [-0.05, 0) is 43.7 Å². The second kappa shape index (κ2) is 9.69. The van der Waals surface area contributed by atoms with Crippen molar-refractivity contribution in [1.82, 2.24) is 19.7 Å². The van der Waals surface area contributed by atoms with Gasteiger partial charge in [0.05, 0.1) is 23.4 Å². The summed E-state index contributed by atoms with van der Waals surface area (Å²) in [7, 11) is 0. The molecule has 0 spiro atoms. The van der Waals surface area contributed by atoms with E-state index in [1.54, 1.807) is 46.8 Å². The number of halogens is 2. The van der Waals surface area contributed by atoms with Crippen LogP contribution in [0.5, 0.6) is 5.75 Å². The third-order valence-electron chi connectivity index (χ3n) is 5.70. The topological polar surface area (TPSA) is 78.2 Å². The van der Waals surface area contributed by atoms with Crippen LogP contribution >= 0.6 is 0 Å². The van der Waals surface area contributed by atoms with Crippen LogP contribution in [-0.4, -0.2) is 32.2 Å². The molecule has 182 valence electrons. The van der Waals surface area contributed by atoms with Crippen molar-refractivity contribution in [3.63, 3.8) is 0 Å². The maximum Gasteiger partial charge on any atom is 0.321 e. The molecule has 0 aliphatic heterocycles. The number of benzene rings is 2. The molecule has 2 aromatic heterocycles. The van der Waals surface area contributed by atoms with E-state index in [1.807, 2.05) is 43.3 Å². The molecule has 2 heterocycles. The van der Waals surface area contributed by atoms with E-state index in [0.29, 0.717) is 19.2 Å². The second-order valence-corrected chi connectivity index (χ2v) is 8.39. The van der Waals surface area contributed by atoms with E-state index in [-0.39, 0.29) is 5.56 Å². The molecule has 9 heteroatoms. The number of pyridine rings is 1. The average Bonchev–Trinajstić information content (AvgIpc) is 3.26. The molecule has 0 saturated carbocycles. The van der Waals surface area contributed by atoms with Gasteiger partial charge in [-0.1, -0.05) is 30.3 Å². The number of hydrogen-bond donors (Lipinski definition) is 1. The van der Waals surface area contributed by atoms with Gasteiger partial charge < -0.3 is 14.6 Å². The Hall–Kier alpha value is -4.01. The zero-order chi connectivity index (χ0) is 25.2. The summed E-state index contributed by atoms with van der Waals surface area (Å²) >= 11 is 0. The summed E-state index contributed by atoms with van der Waals surface area (Å²) in [4.78, 5) is 23.8. The molecule has 1 N–H and O–H groups in total. The van der Waals surface area contributed by atoms with Crippen LogP contribution in [0, 0.1) is 0 Å². The molecule has 2 atom stereocenters. The molecule has 0 unspecified atom stereocenters. The highest BCUT2D eigenvalue weighted by Gasteiger charge is 2.35. The Bertz CT molecular complexity index is 1390. The first kappa shape index (κ1) is 24.1. The van der Waals surface area contributed by atoms with Crippen molar-refractivity contribution in [2.75, 3.05) is 0 Å². The van der Waals surface area contributed by atoms with Crippen molar-refractivity contribution in [2.24, 2.45) is 0 Å². The van der Waals surface area contributed by atoms with Crippen molar-refractivity contribution < 1.29 is 18.3 Å². The number of fused-ring (bicyclic) bond motifs is 1. The summed E-state index contributed by atoms with van der Waals surface area (Å²) in [5, 5.41) is 7.61. The standard InChI is InChI=1S/C26H26F2N4O3/c1-4-31-16-20(10-13-23(31)33)32-22-12-11-21(14-19(22)15-29-32)35-24(18-8-6-5-7-9-18)17(2)30-25(34)26(3,27)28/h5-17,24H,4H2,1-3H3,(H,30,34)/t17-,24-/m0/s1. The Kier molecular flexibility index (Phi) is 6.68. The van der Waals surface area contributed by atoms with Gasteiger partial charge in [-0.2, -0.15) is 13.9 Å². The minimum Gasteiger partial charge on any atom is -0.484 e. The molecule has 4 rings (SSSR count). The average molecular weight is 481 g/mol. The lowest BCUT2D eigenvalue weighted by molar-refractivity contribution is -0.144. The molecule has 7 nitrogen and oxygen atoms in total. The summed E-state index contributed by atoms with van der Waals surface area (Å²) in [5.41, 5.74) is 2.20. The van der Waals surface area contributed by atoms with Gasteiger partial charge >= 0.3 is 5.92 Å². The van der Waals surface area contributed by atoms with Crippen molar-refractivity contribution in [3.8, 4) is 11.4 Å². The first-order valence-electron chi connectivity index (χ1n) is 11.3. The van der Waals surface area contributed by atoms with Crippen LogP contribution in [-0.2, 0) is 11.3 Å². The highest BCUT2D eigenvalue weighted by atomic mass is 19.3. The molecule has 0 aliphatic rings. The summed E-state index contributed by atoms with van der Waals surface area (Å²) < 4.78 is 36.5. The van der Waals surface area contributed by atoms with Crippen LogP contribution in [0.1, 0.15) is 32.4 Å². The predicted molar refractivity (Wildman–Crippen MR) is 129 cm³/mol. The smallest absolute Gasteiger partial charge is 0.321 e. The molecule has 4 aromatic rings. The van der Waals surface area contributed by atoms with Crippen LogP contribution in [0.25, 0.3) is 16.6 Å². The maximum absolute atomic E-state index is 13.5. The van der Waals surface area contributed by atoms with Crippen LogP contribution < -0.4 is 15.6 Å². The fraction of sp³-hybridized carbons (Fsp3) is 0.269. The number of carbonyl (C=O) groups is 1. The van der Waals surface area contributed by atoms with Crippen LogP contribution in [0.2, 0.25) is 0 Å². The van der Waals surface area contributed by atoms with Crippen LogP contribution in [0.4, 0.5) is 8.78 Å². The molecule has 35 heavy (non-hydrogen) atoms. The molecule has 2 aromatic carbocycles. The number of rotatable bonds is 8. The molecular weight excluding hydrogens is 454 g/mol. The molecule has 0 fully saturated rings. The van der Waals surface area contributed by atoms with Crippen LogP contribution in [0.15, 0.2) is 77.9 Å². The molecule has 0 bridgehead atoms. The third-order valence-corrected chi connectivity index (χ3v) is 5.70. The normalized spacial score (nSPS) is 13.4. The SMILES string of the molecule is CCn1cc(-n2ncc3cc(O[C@H](c4ccccc4)[C@H](C)NC(=O)C(C)(F)F)ccc32)ccc1=O. The number of nitrogens with one attached hydrogen (secondary N) is 1. The Morgan fingerprint density at radius 2 is 1.89 bits per heavy atom. The molecule has 0 saturated heterocycles. The molecule has 0 aliphatic carbocycles. The second-order valence-electron chi connectivity index (χ2n) is 8.39. The molecular formula is C26H26F2N4O3. The molecule has 0 radical (unpaired) electrons. The summed E-state index contributed by atoms with van der Waals surface area (Å²) in [6.45, 7) is 4.62. The minimum absolute atomic E-state index is 0.0857. The van der Waals surface area contributed by atoms with Crippen molar-refractivity contribution >= 4 is 16.8 Å². The van der Waals surface area contributed by atoms with Gasteiger partial charge in [0.2, 0.25) is 0 Å². The summed E-state index contributed by atoms with van der Waals surface area (Å²) in [6.07, 6.45) is 2.73. The fourth-order valence-corrected chi connectivity index (χ4v) is 3.84. The number of amides is 1. The number of ether oxygens (including phenoxy) is 1. The quantitative estimate of drug-likeness (QED) is 0.403. The van der Waals surface area contributed by atoms with Gasteiger partial charge in [0, 0.05) is 31.1 Å². The van der Waals surface area contributed by atoms with E-state index >= 15 is 0 Å². The number of carbonyl (C=O) groups excluding carboxylic acids is 1. The first-order valence-corrected chi connectivity index (χ1v) is 11.3. The zero-order valence-corrected chi connectivity index (χ0v) is 19.6. The van der Waals surface area contributed by atoms with Gasteiger partial charge in [-0.25, -0.2) is 4.68 Å². The maximum atomic E-state index is 13.5. The van der Waals surface area contributed by atoms with Crippen molar-refractivity contribution in [2.45, 2.75) is 45.4 Å². The van der Waals surface area contributed by atoms with E-state index in [1.165, 1.54) is 6.07 Å². The highest BCUT2D eigenvalue weighted by molar-refractivity contribution is 5.83. The van der Waals surface area contributed by atoms with E-state index in [0.717, 1.165) is 22.2 Å². The van der Waals surface area contributed by atoms with Gasteiger partial charge in [0.1, 0.15) is 11.9 Å². The van der Waals surface area contributed by atoms with Gasteiger partial charge in [-0.3, -0.25) is 9.59 Å². The highest BCUT2D eigenvalue weighted by Crippen LogP contribution is 2.29. The predicted octanol–water partition coefficient (Wildman–Crippen LogP) is 4.49. The summed E-state index contributed by atoms with van der Waals surface area (Å²) in [6, 6.07) is 17.0. The Morgan fingerprint density at radius 3 is 2.57 bits per heavy atom. The van der Waals surface area contributed by atoms with E-state index in [2.05, 4.69) is 10.4 Å². The summed E-state index contributed by atoms with van der Waals surface area (Å²) in [5.74, 6) is -4.36. The van der Waals surface area contributed by atoms with E-state index in [9.17, 15) is 18.4 Å². The Morgan fingerprint density at radius 1 is 1.14 bits per heavy atom. The Labute approximate surface area is 201 Å².